The van der Waals surface area contributed by atoms with Gasteiger partial charge in [-0.2, -0.15) is 0 Å². The minimum atomic E-state index is -0.116. The van der Waals surface area contributed by atoms with Crippen molar-refractivity contribution < 1.29 is 9.53 Å². The monoisotopic (exact) mass is 310 g/mol. The van der Waals surface area contributed by atoms with Crippen molar-refractivity contribution in [2.75, 3.05) is 0 Å². The summed E-state index contributed by atoms with van der Waals surface area (Å²) < 4.78 is 5.40. The fraction of sp³-hybridized carbons (Fsp3) is 0.950. The maximum atomic E-state index is 10.6. The average molecular weight is 311 g/mol. The summed E-state index contributed by atoms with van der Waals surface area (Å²) in [6, 6.07) is 0. The number of carbonyl (C=O) groups is 1. The lowest BCUT2D eigenvalue weighted by Gasteiger charge is -2.05. The molecule has 1 fully saturated rings. The number of rotatable bonds is 16. The number of ether oxygens (including phenoxy) is 1. The predicted octanol–water partition coefficient (Wildman–Crippen LogP) is 6.21. The van der Waals surface area contributed by atoms with E-state index in [1.807, 2.05) is 0 Å². The van der Waals surface area contributed by atoms with E-state index < -0.39 is 0 Å². The van der Waals surface area contributed by atoms with E-state index in [4.69, 9.17) is 4.74 Å². The van der Waals surface area contributed by atoms with Crippen molar-refractivity contribution in [2.24, 2.45) is 0 Å². The van der Waals surface area contributed by atoms with E-state index in [1.54, 1.807) is 0 Å². The van der Waals surface area contributed by atoms with Crippen LogP contribution in [0.2, 0.25) is 0 Å². The topological polar surface area (TPSA) is 29.6 Å². The lowest BCUT2D eigenvalue weighted by Crippen LogP contribution is -2.10. The molecule has 1 aliphatic heterocycles. The molecule has 2 heteroatoms. The van der Waals surface area contributed by atoms with E-state index in [0.717, 1.165) is 12.7 Å². The molecule has 0 bridgehead atoms. The Balaban J connectivity index is 1.71. The highest BCUT2D eigenvalue weighted by molar-refractivity contribution is 5.62. The first-order valence-corrected chi connectivity index (χ1v) is 9.86. The van der Waals surface area contributed by atoms with E-state index in [-0.39, 0.29) is 11.7 Å². The number of unbranched alkanes of at least 4 members (excludes halogenated alkanes) is 13. The number of hydrogen-bond acceptors (Lipinski definition) is 2. The Labute approximate surface area is 138 Å². The van der Waals surface area contributed by atoms with Gasteiger partial charge < -0.3 is 9.53 Å². The van der Waals surface area contributed by atoms with Gasteiger partial charge in [-0.3, -0.25) is 0 Å². The van der Waals surface area contributed by atoms with E-state index in [0.29, 0.717) is 0 Å². The summed E-state index contributed by atoms with van der Waals surface area (Å²) in [7, 11) is 0. The summed E-state index contributed by atoms with van der Waals surface area (Å²) >= 11 is 0. The molecule has 0 N–H and O–H groups in total. The smallest absolute Gasteiger partial charge is 0.151 e. The standard InChI is InChI=1S/C20H38O2/c1-3-4-5-6-7-8-9-10-11-12-13-14-15-16-17-20(2)19(18-21)22-20/h18-19H,3-17H2,1-2H3/t19-,20-/m1/s1. The van der Waals surface area contributed by atoms with E-state index in [9.17, 15) is 4.79 Å². The highest BCUT2D eigenvalue weighted by Gasteiger charge is 2.51. The maximum Gasteiger partial charge on any atom is 0.151 e. The van der Waals surface area contributed by atoms with Crippen LogP contribution in [0.5, 0.6) is 0 Å². The van der Waals surface area contributed by atoms with Crippen molar-refractivity contribution in [1.82, 2.24) is 0 Å². The van der Waals surface area contributed by atoms with Crippen molar-refractivity contribution in [3.63, 3.8) is 0 Å². The molecule has 1 heterocycles. The fourth-order valence-electron chi connectivity index (χ4n) is 3.30. The molecule has 2 atom stereocenters. The second-order valence-corrected chi connectivity index (χ2v) is 7.33. The van der Waals surface area contributed by atoms with Crippen LogP contribution < -0.4 is 0 Å². The molecule has 0 aromatic carbocycles. The van der Waals surface area contributed by atoms with E-state index in [2.05, 4.69) is 13.8 Å². The van der Waals surface area contributed by atoms with Crippen LogP contribution in [0.25, 0.3) is 0 Å². The normalized spacial score (nSPS) is 23.6. The van der Waals surface area contributed by atoms with Crippen LogP contribution in [0.4, 0.5) is 0 Å². The third-order valence-corrected chi connectivity index (χ3v) is 5.09. The molecule has 1 saturated heterocycles. The number of aldehydes is 1. The Morgan fingerprint density at radius 1 is 0.773 bits per heavy atom. The molecule has 2 nitrogen and oxygen atoms in total. The van der Waals surface area contributed by atoms with Crippen LogP contribution in [0.1, 0.15) is 110 Å². The van der Waals surface area contributed by atoms with Gasteiger partial charge in [-0.05, 0) is 13.3 Å². The van der Waals surface area contributed by atoms with Crippen molar-refractivity contribution in [3.8, 4) is 0 Å². The van der Waals surface area contributed by atoms with Gasteiger partial charge in [-0.25, -0.2) is 0 Å². The van der Waals surface area contributed by atoms with Gasteiger partial charge in [-0.1, -0.05) is 96.8 Å². The second kappa shape index (κ2) is 12.1. The predicted molar refractivity (Wildman–Crippen MR) is 94.3 cm³/mol. The molecule has 130 valence electrons. The van der Waals surface area contributed by atoms with Crippen LogP contribution in [-0.4, -0.2) is 18.0 Å². The van der Waals surface area contributed by atoms with Crippen molar-refractivity contribution in [1.29, 1.82) is 0 Å². The van der Waals surface area contributed by atoms with Crippen LogP contribution in [0.15, 0.2) is 0 Å². The van der Waals surface area contributed by atoms with Gasteiger partial charge in [0.1, 0.15) is 6.10 Å². The summed E-state index contributed by atoms with van der Waals surface area (Å²) in [5.41, 5.74) is -0.112. The minimum absolute atomic E-state index is 0.112. The molecule has 0 spiro atoms. The van der Waals surface area contributed by atoms with Crippen LogP contribution in [0, 0.1) is 0 Å². The lowest BCUT2D eigenvalue weighted by atomic mass is 9.99. The van der Waals surface area contributed by atoms with Gasteiger partial charge in [-0.15, -0.1) is 0 Å². The van der Waals surface area contributed by atoms with Crippen LogP contribution >= 0.6 is 0 Å². The third kappa shape index (κ3) is 8.92. The van der Waals surface area contributed by atoms with Crippen molar-refractivity contribution in [3.05, 3.63) is 0 Å². The molecular weight excluding hydrogens is 272 g/mol. The number of carbonyl (C=O) groups excluding carboxylic acids is 1. The maximum absolute atomic E-state index is 10.6. The number of epoxide rings is 1. The average Bonchev–Trinajstić information content (AvgIpc) is 3.18. The molecule has 0 radical (unpaired) electrons. The molecule has 1 rings (SSSR count). The molecule has 0 amide bonds. The molecule has 0 aromatic heterocycles. The van der Waals surface area contributed by atoms with E-state index in [1.165, 1.54) is 89.9 Å². The zero-order valence-corrected chi connectivity index (χ0v) is 15.1. The summed E-state index contributed by atoms with van der Waals surface area (Å²) in [5.74, 6) is 0. The van der Waals surface area contributed by atoms with Crippen LogP contribution in [0.3, 0.4) is 0 Å². The van der Waals surface area contributed by atoms with Crippen molar-refractivity contribution in [2.45, 2.75) is 122 Å². The molecule has 22 heavy (non-hydrogen) atoms. The van der Waals surface area contributed by atoms with Gasteiger partial charge in [0.05, 0.1) is 5.60 Å². The highest BCUT2D eigenvalue weighted by Crippen LogP contribution is 2.39. The molecule has 0 aliphatic carbocycles. The molecule has 1 aliphatic rings. The Morgan fingerprint density at radius 2 is 1.18 bits per heavy atom. The van der Waals surface area contributed by atoms with Gasteiger partial charge in [0.2, 0.25) is 0 Å². The Kier molecular flexibility index (Phi) is 10.8. The highest BCUT2D eigenvalue weighted by atomic mass is 16.6. The second-order valence-electron chi connectivity index (χ2n) is 7.33. The van der Waals surface area contributed by atoms with Crippen LogP contribution in [-0.2, 0) is 9.53 Å². The largest absolute Gasteiger partial charge is 0.358 e. The quantitative estimate of drug-likeness (QED) is 0.192. The van der Waals surface area contributed by atoms with Gasteiger partial charge in [0.25, 0.3) is 0 Å². The van der Waals surface area contributed by atoms with Gasteiger partial charge >= 0.3 is 0 Å². The van der Waals surface area contributed by atoms with E-state index >= 15 is 0 Å². The first-order valence-electron chi connectivity index (χ1n) is 9.86. The first-order chi connectivity index (χ1) is 10.7. The Bertz CT molecular complexity index is 277. The Hall–Kier alpha value is -0.370. The molecular formula is C20H38O2. The SMILES string of the molecule is CCCCCCCCCCCCCCCC[C@@]1(C)O[C@@H]1C=O. The zero-order valence-electron chi connectivity index (χ0n) is 15.1. The number of hydrogen-bond donors (Lipinski definition) is 0. The third-order valence-electron chi connectivity index (χ3n) is 5.09. The fourth-order valence-corrected chi connectivity index (χ4v) is 3.30. The summed E-state index contributed by atoms with van der Waals surface area (Å²) in [5, 5.41) is 0. The molecule has 0 saturated carbocycles. The lowest BCUT2D eigenvalue weighted by molar-refractivity contribution is -0.108. The Morgan fingerprint density at radius 3 is 1.55 bits per heavy atom. The molecule has 0 aromatic rings. The zero-order chi connectivity index (χ0) is 16.1. The summed E-state index contributed by atoms with van der Waals surface area (Å²) in [6.45, 7) is 4.34. The summed E-state index contributed by atoms with van der Waals surface area (Å²) in [4.78, 5) is 10.6. The summed E-state index contributed by atoms with van der Waals surface area (Å²) in [6.07, 6.45) is 21.3. The first kappa shape index (κ1) is 19.7. The molecule has 0 unspecified atom stereocenters. The minimum Gasteiger partial charge on any atom is -0.358 e. The van der Waals surface area contributed by atoms with Crippen molar-refractivity contribution >= 4 is 6.29 Å². The van der Waals surface area contributed by atoms with Gasteiger partial charge in [0.15, 0.2) is 6.29 Å². The van der Waals surface area contributed by atoms with Gasteiger partial charge in [0, 0.05) is 0 Å².